The number of thioether (sulfide) groups is 1. The molecule has 0 heterocycles. The molecule has 0 saturated carbocycles. The molecule has 0 aliphatic carbocycles. The maximum Gasteiger partial charge on any atom is 0.323 e. The summed E-state index contributed by atoms with van der Waals surface area (Å²) < 4.78 is 0. The number of aliphatic carboxylic acids is 1. The smallest absolute Gasteiger partial charge is 0.323 e. The number of carboxylic acid groups (broad SMARTS) is 1. The van der Waals surface area contributed by atoms with Crippen LogP contribution in [-0.2, 0) is 4.79 Å². The third-order valence-electron chi connectivity index (χ3n) is 2.82. The van der Waals surface area contributed by atoms with Gasteiger partial charge in [-0.25, -0.2) is 0 Å². The zero-order valence-corrected chi connectivity index (χ0v) is 11.0. The first-order valence-electron chi connectivity index (χ1n) is 5.50. The lowest BCUT2D eigenvalue weighted by atomic mass is 9.97. The van der Waals surface area contributed by atoms with Crippen molar-refractivity contribution in [1.29, 1.82) is 0 Å². The summed E-state index contributed by atoms with van der Waals surface area (Å²) in [4.78, 5) is 11.0. The highest BCUT2D eigenvalue weighted by atomic mass is 32.2. The summed E-state index contributed by atoms with van der Waals surface area (Å²) in [5, 5.41) is 12.6. The number of nitrogens with one attached hydrogen (secondary N) is 1. The molecule has 0 bridgehead atoms. The molecule has 3 nitrogen and oxygen atoms in total. The molecule has 90 valence electrons. The van der Waals surface area contributed by atoms with E-state index in [0.717, 1.165) is 12.2 Å². The fourth-order valence-corrected chi connectivity index (χ4v) is 2.12. The number of carbonyl (C=O) groups is 1. The summed E-state index contributed by atoms with van der Waals surface area (Å²) in [6, 6.07) is 0. The number of carboxylic acids is 1. The van der Waals surface area contributed by atoms with Crippen LogP contribution in [0.1, 0.15) is 40.0 Å². The van der Waals surface area contributed by atoms with E-state index in [9.17, 15) is 4.79 Å². The van der Waals surface area contributed by atoms with Crippen molar-refractivity contribution in [2.75, 3.05) is 12.8 Å². The van der Waals surface area contributed by atoms with Crippen LogP contribution in [0, 0.1) is 0 Å². The topological polar surface area (TPSA) is 49.3 Å². The zero-order chi connectivity index (χ0) is 11.9. The average molecular weight is 233 g/mol. The van der Waals surface area contributed by atoms with Gasteiger partial charge in [-0.15, -0.1) is 0 Å². The van der Waals surface area contributed by atoms with Crippen molar-refractivity contribution in [3.8, 4) is 0 Å². The molecule has 0 aromatic heterocycles. The van der Waals surface area contributed by atoms with Crippen LogP contribution in [0.3, 0.4) is 0 Å². The molecule has 0 fully saturated rings. The van der Waals surface area contributed by atoms with Crippen molar-refractivity contribution >= 4 is 17.7 Å². The van der Waals surface area contributed by atoms with Crippen molar-refractivity contribution in [3.05, 3.63) is 0 Å². The first-order chi connectivity index (χ1) is 6.96. The van der Waals surface area contributed by atoms with Crippen LogP contribution in [0.2, 0.25) is 0 Å². The maximum atomic E-state index is 11.0. The Bertz CT molecular complexity index is 199. The second-order valence-electron chi connectivity index (χ2n) is 4.08. The van der Waals surface area contributed by atoms with Crippen molar-refractivity contribution in [1.82, 2.24) is 5.32 Å². The predicted octanol–water partition coefficient (Wildman–Crippen LogP) is 2.36. The standard InChI is InChI=1S/C11H23NO2S/c1-5-9(2)15-8-6-7-11(3,12-4)10(13)14/h9,12H,5-8H2,1-4H3,(H,13,14). The van der Waals surface area contributed by atoms with Gasteiger partial charge in [0, 0.05) is 5.25 Å². The van der Waals surface area contributed by atoms with Crippen LogP contribution in [0.5, 0.6) is 0 Å². The SMILES string of the molecule is CCC(C)SCCCC(C)(NC)C(=O)O. The minimum atomic E-state index is -0.768. The third kappa shape index (κ3) is 5.42. The first kappa shape index (κ1) is 14.8. The van der Waals surface area contributed by atoms with Gasteiger partial charge in [-0.2, -0.15) is 11.8 Å². The molecule has 0 aromatic carbocycles. The number of hydrogen-bond acceptors (Lipinski definition) is 3. The summed E-state index contributed by atoms with van der Waals surface area (Å²) in [6.45, 7) is 6.12. The van der Waals surface area contributed by atoms with Crippen molar-refractivity contribution in [3.63, 3.8) is 0 Å². The highest BCUT2D eigenvalue weighted by molar-refractivity contribution is 7.99. The molecule has 15 heavy (non-hydrogen) atoms. The van der Waals surface area contributed by atoms with Crippen LogP contribution in [-0.4, -0.2) is 34.7 Å². The van der Waals surface area contributed by atoms with E-state index in [1.54, 1.807) is 14.0 Å². The lowest BCUT2D eigenvalue weighted by Gasteiger charge is -2.24. The molecule has 0 saturated heterocycles. The van der Waals surface area contributed by atoms with Gasteiger partial charge in [-0.1, -0.05) is 13.8 Å². The third-order valence-corrected chi connectivity index (χ3v) is 4.25. The molecule has 0 rings (SSSR count). The Morgan fingerprint density at radius 1 is 1.60 bits per heavy atom. The van der Waals surface area contributed by atoms with Crippen LogP contribution < -0.4 is 5.32 Å². The van der Waals surface area contributed by atoms with Gasteiger partial charge in [-0.05, 0) is 39.0 Å². The Balaban J connectivity index is 3.78. The second-order valence-corrected chi connectivity index (χ2v) is 5.63. The fourth-order valence-electron chi connectivity index (χ4n) is 1.17. The Kier molecular flexibility index (Phi) is 7.02. The normalized spacial score (nSPS) is 17.1. The molecule has 0 aliphatic rings. The van der Waals surface area contributed by atoms with Gasteiger partial charge in [0.05, 0.1) is 0 Å². The lowest BCUT2D eigenvalue weighted by Crippen LogP contribution is -2.47. The Morgan fingerprint density at radius 3 is 2.60 bits per heavy atom. The Morgan fingerprint density at radius 2 is 2.20 bits per heavy atom. The van der Waals surface area contributed by atoms with Crippen molar-refractivity contribution in [2.24, 2.45) is 0 Å². The molecule has 4 heteroatoms. The minimum Gasteiger partial charge on any atom is -0.480 e. The molecule has 2 unspecified atom stereocenters. The van der Waals surface area contributed by atoms with Gasteiger partial charge in [0.2, 0.25) is 0 Å². The van der Waals surface area contributed by atoms with Gasteiger partial charge in [-0.3, -0.25) is 4.79 Å². The fraction of sp³-hybridized carbons (Fsp3) is 0.909. The quantitative estimate of drug-likeness (QED) is 0.632. The highest BCUT2D eigenvalue weighted by Gasteiger charge is 2.30. The zero-order valence-electron chi connectivity index (χ0n) is 10.2. The lowest BCUT2D eigenvalue weighted by molar-refractivity contribution is -0.144. The van der Waals surface area contributed by atoms with Gasteiger partial charge in [0.15, 0.2) is 0 Å². The monoisotopic (exact) mass is 233 g/mol. The van der Waals surface area contributed by atoms with Crippen LogP contribution in [0.25, 0.3) is 0 Å². The van der Waals surface area contributed by atoms with Crippen LogP contribution in [0.15, 0.2) is 0 Å². The van der Waals surface area contributed by atoms with E-state index in [2.05, 4.69) is 19.2 Å². The molecule has 2 N–H and O–H groups in total. The minimum absolute atomic E-state index is 0.677. The Labute approximate surface area is 97.0 Å². The maximum absolute atomic E-state index is 11.0. The van der Waals surface area contributed by atoms with E-state index in [1.165, 1.54) is 6.42 Å². The molecule has 0 aromatic rings. The number of hydrogen-bond donors (Lipinski definition) is 2. The average Bonchev–Trinajstić information content (AvgIpc) is 2.23. The molecular weight excluding hydrogens is 210 g/mol. The van der Waals surface area contributed by atoms with E-state index in [1.807, 2.05) is 11.8 Å². The number of likely N-dealkylation sites (N-methyl/N-ethyl adjacent to an activating group) is 1. The van der Waals surface area contributed by atoms with Crippen molar-refractivity contribution in [2.45, 2.75) is 50.8 Å². The van der Waals surface area contributed by atoms with Gasteiger partial charge >= 0.3 is 5.97 Å². The van der Waals surface area contributed by atoms with E-state index in [0.29, 0.717) is 11.7 Å². The first-order valence-corrected chi connectivity index (χ1v) is 6.55. The molecule has 0 aliphatic heterocycles. The highest BCUT2D eigenvalue weighted by Crippen LogP contribution is 2.19. The van der Waals surface area contributed by atoms with Crippen molar-refractivity contribution < 1.29 is 9.90 Å². The van der Waals surface area contributed by atoms with Crippen LogP contribution >= 0.6 is 11.8 Å². The Hall–Kier alpha value is -0.220. The van der Waals surface area contributed by atoms with E-state index < -0.39 is 11.5 Å². The summed E-state index contributed by atoms with van der Waals surface area (Å²) in [7, 11) is 1.70. The van der Waals surface area contributed by atoms with Gasteiger partial charge in [0.1, 0.15) is 5.54 Å². The van der Waals surface area contributed by atoms with Gasteiger partial charge < -0.3 is 10.4 Å². The van der Waals surface area contributed by atoms with Gasteiger partial charge in [0.25, 0.3) is 0 Å². The van der Waals surface area contributed by atoms with E-state index >= 15 is 0 Å². The molecule has 0 spiro atoms. The summed E-state index contributed by atoms with van der Waals surface area (Å²) >= 11 is 1.92. The summed E-state index contributed by atoms with van der Waals surface area (Å²) in [5.74, 6) is 0.276. The summed E-state index contributed by atoms with van der Waals surface area (Å²) in [6.07, 6.45) is 2.80. The van der Waals surface area contributed by atoms with E-state index in [4.69, 9.17) is 5.11 Å². The molecule has 0 radical (unpaired) electrons. The summed E-state index contributed by atoms with van der Waals surface area (Å²) in [5.41, 5.74) is -0.768. The van der Waals surface area contributed by atoms with Crippen LogP contribution in [0.4, 0.5) is 0 Å². The number of rotatable bonds is 8. The predicted molar refractivity (Wildman–Crippen MR) is 66.5 cm³/mol. The second kappa shape index (κ2) is 7.12. The molecule has 0 amide bonds. The molecular formula is C11H23NO2S. The largest absolute Gasteiger partial charge is 0.480 e. The van der Waals surface area contributed by atoms with E-state index in [-0.39, 0.29) is 0 Å². The molecule has 2 atom stereocenters.